The number of nitrogens with zero attached hydrogens (tertiary/aromatic N) is 3. The monoisotopic (exact) mass is 379 g/mol. The molecule has 0 saturated carbocycles. The molecule has 1 aliphatic heterocycles. The van der Waals surface area contributed by atoms with Gasteiger partial charge in [-0.15, -0.1) is 0 Å². The summed E-state index contributed by atoms with van der Waals surface area (Å²) in [5.41, 5.74) is 0.534. The summed E-state index contributed by atoms with van der Waals surface area (Å²) in [4.78, 5) is 51.5. The Kier molecular flexibility index (Phi) is 6.49. The van der Waals surface area contributed by atoms with Gasteiger partial charge < -0.3 is 9.64 Å². The Morgan fingerprint density at radius 3 is 2.37 bits per heavy atom. The molecule has 1 aromatic carbocycles. The van der Waals surface area contributed by atoms with Crippen molar-refractivity contribution < 1.29 is 28.3 Å². The molecule has 0 aliphatic carbocycles. The van der Waals surface area contributed by atoms with Gasteiger partial charge >= 0.3 is 17.8 Å². The van der Waals surface area contributed by atoms with Crippen molar-refractivity contribution in [3.8, 4) is 5.75 Å². The molecule has 0 unspecified atom stereocenters. The molecule has 0 spiro atoms. The molecule has 0 N–H and O–H groups in total. The van der Waals surface area contributed by atoms with Crippen molar-refractivity contribution in [2.45, 2.75) is 26.8 Å². The summed E-state index contributed by atoms with van der Waals surface area (Å²) >= 11 is 0. The van der Waals surface area contributed by atoms with Gasteiger partial charge in [0.1, 0.15) is 6.54 Å². The van der Waals surface area contributed by atoms with E-state index in [4.69, 9.17) is 4.74 Å². The maximum Gasteiger partial charge on any atom is 0.334 e. The SMILES string of the molecule is CCCN1C(=O)C(=O)N(CC(=O)N(CC)Cc2ccc(OC)c(F)c2)C1=O. The molecule has 8 nitrogen and oxygen atoms in total. The Labute approximate surface area is 156 Å². The molecule has 0 radical (unpaired) electrons. The molecule has 1 aliphatic rings. The summed E-state index contributed by atoms with van der Waals surface area (Å²) in [5.74, 6) is -2.90. The lowest BCUT2D eigenvalue weighted by Crippen LogP contribution is -2.43. The number of urea groups is 1. The number of imide groups is 2. The Bertz CT molecular complexity index is 767. The molecule has 9 heteroatoms. The molecule has 1 aromatic rings. The van der Waals surface area contributed by atoms with Gasteiger partial charge in [0.05, 0.1) is 7.11 Å². The van der Waals surface area contributed by atoms with Gasteiger partial charge in [0.25, 0.3) is 0 Å². The topological polar surface area (TPSA) is 87.2 Å². The summed E-state index contributed by atoms with van der Waals surface area (Å²) in [7, 11) is 1.35. The van der Waals surface area contributed by atoms with Gasteiger partial charge in [-0.05, 0) is 31.0 Å². The number of likely N-dealkylation sites (N-methyl/N-ethyl adjacent to an activating group) is 1. The first-order valence-corrected chi connectivity index (χ1v) is 8.61. The van der Waals surface area contributed by atoms with Gasteiger partial charge in [-0.2, -0.15) is 0 Å². The minimum absolute atomic E-state index is 0.0934. The van der Waals surface area contributed by atoms with Crippen LogP contribution in [0.25, 0.3) is 0 Å². The first-order chi connectivity index (χ1) is 12.8. The fraction of sp³-hybridized carbons (Fsp3) is 0.444. The number of hydrogen-bond donors (Lipinski definition) is 0. The molecule has 0 aromatic heterocycles. The Hall–Kier alpha value is -2.97. The first-order valence-electron chi connectivity index (χ1n) is 8.61. The lowest BCUT2D eigenvalue weighted by Gasteiger charge is -2.23. The zero-order valence-corrected chi connectivity index (χ0v) is 15.5. The minimum atomic E-state index is -1.01. The molecule has 1 fully saturated rings. The summed E-state index contributed by atoms with van der Waals surface area (Å²) in [6, 6.07) is 3.55. The number of rotatable bonds is 8. The van der Waals surface area contributed by atoms with Crippen LogP contribution in [0.15, 0.2) is 18.2 Å². The van der Waals surface area contributed by atoms with E-state index in [0.717, 1.165) is 4.90 Å². The molecule has 5 amide bonds. The van der Waals surface area contributed by atoms with Crippen LogP contribution in [0.4, 0.5) is 9.18 Å². The Morgan fingerprint density at radius 1 is 1.15 bits per heavy atom. The fourth-order valence-electron chi connectivity index (χ4n) is 2.75. The van der Waals surface area contributed by atoms with E-state index in [1.807, 2.05) is 0 Å². The minimum Gasteiger partial charge on any atom is -0.494 e. The van der Waals surface area contributed by atoms with Crippen molar-refractivity contribution in [3.63, 3.8) is 0 Å². The van der Waals surface area contributed by atoms with E-state index >= 15 is 0 Å². The van der Waals surface area contributed by atoms with Crippen LogP contribution < -0.4 is 4.74 Å². The van der Waals surface area contributed by atoms with E-state index in [-0.39, 0.29) is 25.4 Å². The lowest BCUT2D eigenvalue weighted by atomic mass is 10.2. The maximum absolute atomic E-state index is 13.8. The molecule has 146 valence electrons. The normalized spacial score (nSPS) is 14.1. The van der Waals surface area contributed by atoms with Crippen LogP contribution in [0, 0.1) is 5.82 Å². The van der Waals surface area contributed by atoms with E-state index < -0.39 is 36.1 Å². The van der Waals surface area contributed by atoms with Crippen LogP contribution in [0.1, 0.15) is 25.8 Å². The van der Waals surface area contributed by atoms with Crippen LogP contribution in [0.3, 0.4) is 0 Å². The second-order valence-corrected chi connectivity index (χ2v) is 6.01. The van der Waals surface area contributed by atoms with Crippen molar-refractivity contribution in [1.82, 2.24) is 14.7 Å². The van der Waals surface area contributed by atoms with Crippen molar-refractivity contribution in [1.29, 1.82) is 0 Å². The standard InChI is InChI=1S/C18H22FN3O5/c1-4-8-21-16(24)17(25)22(18(21)26)11-15(23)20(5-2)10-12-6-7-14(27-3)13(19)9-12/h6-7,9H,4-5,8,10-11H2,1-3H3. The summed E-state index contributed by atoms with van der Waals surface area (Å²) in [5, 5.41) is 0. The largest absolute Gasteiger partial charge is 0.494 e. The fourth-order valence-corrected chi connectivity index (χ4v) is 2.75. The maximum atomic E-state index is 13.8. The first kappa shape index (κ1) is 20.3. The van der Waals surface area contributed by atoms with Gasteiger partial charge in [-0.3, -0.25) is 19.3 Å². The molecule has 0 atom stereocenters. The number of halogens is 1. The number of methoxy groups -OCH3 is 1. The Morgan fingerprint density at radius 2 is 1.81 bits per heavy atom. The number of amides is 5. The van der Waals surface area contributed by atoms with Gasteiger partial charge in [0.15, 0.2) is 11.6 Å². The molecule has 1 saturated heterocycles. The number of benzene rings is 1. The molecular formula is C18H22FN3O5. The highest BCUT2D eigenvalue weighted by molar-refractivity contribution is 6.45. The van der Waals surface area contributed by atoms with E-state index in [2.05, 4.69) is 0 Å². The van der Waals surface area contributed by atoms with Crippen LogP contribution in [-0.2, 0) is 20.9 Å². The highest BCUT2D eigenvalue weighted by atomic mass is 19.1. The average Bonchev–Trinajstić information content (AvgIpc) is 2.84. The third-order valence-electron chi connectivity index (χ3n) is 4.20. The summed E-state index contributed by atoms with van der Waals surface area (Å²) in [6.07, 6.45) is 0.511. The van der Waals surface area contributed by atoms with Gasteiger partial charge in [-0.1, -0.05) is 13.0 Å². The van der Waals surface area contributed by atoms with Crippen LogP contribution in [0.2, 0.25) is 0 Å². The molecule has 27 heavy (non-hydrogen) atoms. The lowest BCUT2D eigenvalue weighted by molar-refractivity contribution is -0.145. The molecule has 0 bridgehead atoms. The van der Waals surface area contributed by atoms with Crippen LogP contribution in [-0.4, -0.2) is 65.2 Å². The second-order valence-electron chi connectivity index (χ2n) is 6.01. The van der Waals surface area contributed by atoms with Crippen molar-refractivity contribution in [2.24, 2.45) is 0 Å². The van der Waals surface area contributed by atoms with E-state index in [0.29, 0.717) is 16.9 Å². The Balaban J connectivity index is 2.09. The van der Waals surface area contributed by atoms with Gasteiger partial charge in [0.2, 0.25) is 5.91 Å². The molecule has 2 rings (SSSR count). The van der Waals surface area contributed by atoms with E-state index in [1.54, 1.807) is 19.9 Å². The predicted molar refractivity (Wildman–Crippen MR) is 93.2 cm³/mol. The highest BCUT2D eigenvalue weighted by Crippen LogP contribution is 2.19. The van der Waals surface area contributed by atoms with Gasteiger partial charge in [-0.25, -0.2) is 14.1 Å². The third kappa shape index (κ3) is 4.24. The van der Waals surface area contributed by atoms with Crippen molar-refractivity contribution >= 4 is 23.8 Å². The van der Waals surface area contributed by atoms with Crippen LogP contribution in [0.5, 0.6) is 5.75 Å². The second kappa shape index (κ2) is 8.61. The number of hydrogen-bond acceptors (Lipinski definition) is 5. The van der Waals surface area contributed by atoms with E-state index in [9.17, 15) is 23.6 Å². The molecule has 1 heterocycles. The predicted octanol–water partition coefficient (Wildman–Crippen LogP) is 1.38. The van der Waals surface area contributed by atoms with Crippen molar-refractivity contribution in [2.75, 3.05) is 26.7 Å². The zero-order chi connectivity index (χ0) is 20.1. The van der Waals surface area contributed by atoms with Crippen molar-refractivity contribution in [3.05, 3.63) is 29.6 Å². The van der Waals surface area contributed by atoms with Gasteiger partial charge in [0, 0.05) is 19.6 Å². The number of carbonyl (C=O) groups is 4. The third-order valence-corrected chi connectivity index (χ3v) is 4.20. The summed E-state index contributed by atoms with van der Waals surface area (Å²) in [6.45, 7) is 3.47. The summed E-state index contributed by atoms with van der Waals surface area (Å²) < 4.78 is 18.7. The molecular weight excluding hydrogens is 357 g/mol. The average molecular weight is 379 g/mol. The van der Waals surface area contributed by atoms with Crippen LogP contribution >= 0.6 is 0 Å². The van der Waals surface area contributed by atoms with E-state index in [1.165, 1.54) is 24.1 Å². The smallest absolute Gasteiger partial charge is 0.334 e. The number of ether oxygens (including phenoxy) is 1. The zero-order valence-electron chi connectivity index (χ0n) is 15.5. The number of carbonyl (C=O) groups excluding carboxylic acids is 4. The highest BCUT2D eigenvalue weighted by Gasteiger charge is 2.44. The quantitative estimate of drug-likeness (QED) is 0.503.